The van der Waals surface area contributed by atoms with Crippen molar-refractivity contribution in [2.45, 2.75) is 35.9 Å². The summed E-state index contributed by atoms with van der Waals surface area (Å²) in [4.78, 5) is 8.62. The highest BCUT2D eigenvalue weighted by Crippen LogP contribution is 2.39. The van der Waals surface area contributed by atoms with Crippen LogP contribution in [0.15, 0.2) is 50.9 Å². The fourth-order valence-electron chi connectivity index (χ4n) is 4.10. The third-order valence-corrected chi connectivity index (χ3v) is 8.60. The van der Waals surface area contributed by atoms with Gasteiger partial charge in [-0.05, 0) is 58.6 Å². The molecule has 1 atom stereocenters. The standard InChI is InChI=1S/C21H19BrFN5OS2.H2O/c22-17-7-8-18(30-17)31(29)27-16-6-5-12(9-15(16)23)14-10-28(13-3-1-2-4-13)21-19(14)20(24)25-11-26-21;/h5-11,13,27H,1-4H2,(H2,24,25,26);1H2. The molecule has 168 valence electrons. The van der Waals surface area contributed by atoms with Gasteiger partial charge in [0.1, 0.15) is 27.8 Å². The molecule has 11 heteroatoms. The van der Waals surface area contributed by atoms with Crippen LogP contribution in [-0.2, 0) is 11.0 Å². The average molecular weight is 538 g/mol. The van der Waals surface area contributed by atoms with E-state index in [9.17, 15) is 8.60 Å². The monoisotopic (exact) mass is 537 g/mol. The van der Waals surface area contributed by atoms with Crippen molar-refractivity contribution in [1.82, 2.24) is 14.5 Å². The summed E-state index contributed by atoms with van der Waals surface area (Å²) in [6.07, 6.45) is 8.04. The molecule has 0 spiro atoms. The van der Waals surface area contributed by atoms with Crippen LogP contribution in [0.5, 0.6) is 0 Å². The lowest BCUT2D eigenvalue weighted by atomic mass is 10.1. The number of hydrogen-bond donors (Lipinski definition) is 2. The molecular weight excluding hydrogens is 517 g/mol. The van der Waals surface area contributed by atoms with Gasteiger partial charge in [-0.3, -0.25) is 4.72 Å². The van der Waals surface area contributed by atoms with Gasteiger partial charge in [0.25, 0.3) is 0 Å². The molecule has 4 aromatic rings. The molecule has 3 heterocycles. The smallest absolute Gasteiger partial charge is 0.160 e. The molecule has 1 aliphatic carbocycles. The number of fused-ring (bicyclic) bond motifs is 1. The molecule has 1 aliphatic rings. The quantitative estimate of drug-likeness (QED) is 0.369. The summed E-state index contributed by atoms with van der Waals surface area (Å²) in [5.41, 5.74) is 8.63. The van der Waals surface area contributed by atoms with Gasteiger partial charge < -0.3 is 15.8 Å². The van der Waals surface area contributed by atoms with Gasteiger partial charge in [0.2, 0.25) is 0 Å². The Labute approximate surface area is 198 Å². The lowest BCUT2D eigenvalue weighted by Crippen LogP contribution is -2.04. The van der Waals surface area contributed by atoms with E-state index in [1.54, 1.807) is 18.2 Å². The number of nitrogens with two attached hydrogens (primary N) is 1. The molecule has 5 rings (SSSR count). The van der Waals surface area contributed by atoms with Crippen LogP contribution < -0.4 is 10.5 Å². The third-order valence-electron chi connectivity index (χ3n) is 5.57. The van der Waals surface area contributed by atoms with Gasteiger partial charge in [-0.15, -0.1) is 11.3 Å². The lowest BCUT2D eigenvalue weighted by Gasteiger charge is -2.12. The number of halogens is 2. The Kier molecular flexibility index (Phi) is 6.61. The molecule has 0 radical (unpaired) electrons. The number of hydrogen-bond acceptors (Lipinski definition) is 5. The van der Waals surface area contributed by atoms with Gasteiger partial charge in [0.15, 0.2) is 11.0 Å². The van der Waals surface area contributed by atoms with E-state index in [0.29, 0.717) is 21.6 Å². The molecule has 1 unspecified atom stereocenters. The first kappa shape index (κ1) is 22.8. The topological polar surface area (TPSA) is 117 Å². The van der Waals surface area contributed by atoms with Gasteiger partial charge in [-0.1, -0.05) is 18.9 Å². The van der Waals surface area contributed by atoms with E-state index < -0.39 is 16.8 Å². The minimum atomic E-state index is -1.54. The second-order valence-corrected chi connectivity index (χ2v) is 11.4. The van der Waals surface area contributed by atoms with Gasteiger partial charge in [-0.25, -0.2) is 18.6 Å². The van der Waals surface area contributed by atoms with Crippen molar-refractivity contribution < 1.29 is 14.1 Å². The molecular formula is C21H21BrFN5O2S2. The van der Waals surface area contributed by atoms with Crippen molar-refractivity contribution in [3.63, 3.8) is 0 Å². The summed E-state index contributed by atoms with van der Waals surface area (Å²) in [7, 11) is -1.54. The van der Waals surface area contributed by atoms with E-state index in [1.165, 1.54) is 36.6 Å². The molecule has 0 amide bonds. The Morgan fingerprint density at radius 3 is 2.69 bits per heavy atom. The van der Waals surface area contributed by atoms with Gasteiger partial charge in [-0.2, -0.15) is 0 Å². The number of thiophene rings is 1. The maximum atomic E-state index is 15.0. The maximum absolute atomic E-state index is 15.0. The Morgan fingerprint density at radius 2 is 2.00 bits per heavy atom. The Hall–Kier alpha value is -2.34. The highest BCUT2D eigenvalue weighted by Gasteiger charge is 2.23. The number of rotatable bonds is 5. The van der Waals surface area contributed by atoms with E-state index in [1.807, 2.05) is 12.3 Å². The zero-order valence-electron chi connectivity index (χ0n) is 16.8. The Bertz CT molecular complexity index is 1300. The third kappa shape index (κ3) is 4.17. The number of benzene rings is 1. The largest absolute Gasteiger partial charge is 0.412 e. The minimum Gasteiger partial charge on any atom is -0.412 e. The van der Waals surface area contributed by atoms with E-state index in [-0.39, 0.29) is 11.2 Å². The van der Waals surface area contributed by atoms with Crippen molar-refractivity contribution in [3.8, 4) is 11.1 Å². The number of anilines is 2. The normalized spacial score (nSPS) is 15.1. The van der Waals surface area contributed by atoms with Crippen LogP contribution in [0.1, 0.15) is 31.7 Å². The summed E-state index contributed by atoms with van der Waals surface area (Å²) < 4.78 is 33.8. The van der Waals surface area contributed by atoms with Crippen LogP contribution in [0.25, 0.3) is 22.2 Å². The number of aromatic nitrogens is 3. The van der Waals surface area contributed by atoms with Gasteiger partial charge in [0, 0.05) is 17.8 Å². The molecule has 1 saturated carbocycles. The average Bonchev–Trinajstić information content (AvgIpc) is 3.49. The summed E-state index contributed by atoms with van der Waals surface area (Å²) in [6, 6.07) is 8.75. The zero-order chi connectivity index (χ0) is 21.5. The first-order valence-electron chi connectivity index (χ1n) is 9.86. The van der Waals surface area contributed by atoms with Crippen LogP contribution in [-0.4, -0.2) is 24.2 Å². The van der Waals surface area contributed by atoms with Crippen LogP contribution >= 0.6 is 27.3 Å². The summed E-state index contributed by atoms with van der Waals surface area (Å²) in [5.74, 6) is -0.109. The first-order valence-corrected chi connectivity index (χ1v) is 12.6. The zero-order valence-corrected chi connectivity index (χ0v) is 20.1. The molecule has 5 N–H and O–H groups in total. The maximum Gasteiger partial charge on any atom is 0.160 e. The van der Waals surface area contributed by atoms with E-state index in [2.05, 4.69) is 35.2 Å². The van der Waals surface area contributed by atoms with Crippen molar-refractivity contribution >= 4 is 60.8 Å². The van der Waals surface area contributed by atoms with Crippen molar-refractivity contribution in [1.29, 1.82) is 0 Å². The fourth-order valence-corrected chi connectivity index (χ4v) is 6.90. The second-order valence-electron chi connectivity index (χ2n) is 7.47. The molecule has 1 aromatic carbocycles. The number of nitrogens with zero attached hydrogens (tertiary/aromatic N) is 3. The van der Waals surface area contributed by atoms with E-state index in [4.69, 9.17) is 5.73 Å². The van der Waals surface area contributed by atoms with Crippen molar-refractivity contribution in [3.05, 3.63) is 52.5 Å². The number of nitrogens with one attached hydrogen (secondary N) is 1. The van der Waals surface area contributed by atoms with Crippen LogP contribution in [0, 0.1) is 5.82 Å². The molecule has 7 nitrogen and oxygen atoms in total. The van der Waals surface area contributed by atoms with Crippen molar-refractivity contribution in [2.24, 2.45) is 0 Å². The molecule has 3 aromatic heterocycles. The van der Waals surface area contributed by atoms with Gasteiger partial charge >= 0.3 is 0 Å². The molecule has 32 heavy (non-hydrogen) atoms. The minimum absolute atomic E-state index is 0. The lowest BCUT2D eigenvalue weighted by molar-refractivity contribution is 0.532. The Morgan fingerprint density at radius 1 is 1.22 bits per heavy atom. The molecule has 1 fully saturated rings. The number of nitrogen functional groups attached to an aromatic ring is 1. The predicted octanol–water partition coefficient (Wildman–Crippen LogP) is 5.07. The summed E-state index contributed by atoms with van der Waals surface area (Å²) >= 11 is 4.69. The molecule has 0 bridgehead atoms. The second kappa shape index (κ2) is 9.26. The predicted molar refractivity (Wildman–Crippen MR) is 131 cm³/mol. The highest BCUT2D eigenvalue weighted by atomic mass is 79.9. The van der Waals surface area contributed by atoms with E-state index in [0.717, 1.165) is 33.2 Å². The van der Waals surface area contributed by atoms with Crippen LogP contribution in [0.4, 0.5) is 15.9 Å². The fraction of sp³-hybridized carbons (Fsp3) is 0.238. The summed E-state index contributed by atoms with van der Waals surface area (Å²) in [5, 5.41) is 0.738. The SMILES string of the molecule is Nc1ncnc2c1c(-c1ccc(NS(=O)c3ccc(Br)s3)c(F)c1)cn2C1CCCC1.O. The van der Waals surface area contributed by atoms with Crippen molar-refractivity contribution in [2.75, 3.05) is 10.5 Å². The van der Waals surface area contributed by atoms with Crippen LogP contribution in [0.3, 0.4) is 0 Å². The first-order chi connectivity index (χ1) is 15.0. The Balaban J connectivity index is 0.00000245. The van der Waals surface area contributed by atoms with E-state index >= 15 is 0 Å². The molecule has 0 aliphatic heterocycles. The van der Waals surface area contributed by atoms with Gasteiger partial charge in [0.05, 0.1) is 14.9 Å². The highest BCUT2D eigenvalue weighted by molar-refractivity contribution is 9.11. The molecule has 0 saturated heterocycles. The summed E-state index contributed by atoms with van der Waals surface area (Å²) in [6.45, 7) is 0. The van der Waals surface area contributed by atoms with Crippen LogP contribution in [0.2, 0.25) is 0 Å².